The maximum absolute atomic E-state index is 2.35. The topological polar surface area (TPSA) is 0 Å². The van der Waals surface area contributed by atoms with E-state index in [-0.39, 0.29) is 10.8 Å². The Bertz CT molecular complexity index is 1920. The van der Waals surface area contributed by atoms with E-state index in [0.29, 0.717) is 0 Å². The van der Waals surface area contributed by atoms with Crippen LogP contribution in [0.25, 0.3) is 32.3 Å². The van der Waals surface area contributed by atoms with Gasteiger partial charge in [-0.25, -0.2) is 0 Å². The number of rotatable bonds is 2. The van der Waals surface area contributed by atoms with E-state index in [9.17, 15) is 0 Å². The van der Waals surface area contributed by atoms with Crippen LogP contribution in [0.3, 0.4) is 0 Å². The van der Waals surface area contributed by atoms with Crippen molar-refractivity contribution in [3.05, 3.63) is 167 Å². The molecule has 0 nitrogen and oxygen atoms in total. The third kappa shape index (κ3) is 8.00. The van der Waals surface area contributed by atoms with E-state index in [2.05, 4.69) is 189 Å². The first kappa shape index (κ1) is 33.7. The van der Waals surface area contributed by atoms with Crippen LogP contribution in [0.1, 0.15) is 74.9 Å². The van der Waals surface area contributed by atoms with Gasteiger partial charge in [-0.2, -0.15) is 12.1 Å². The quantitative estimate of drug-likeness (QED) is 0.160. The Morgan fingerprint density at radius 2 is 0.978 bits per heavy atom. The van der Waals surface area contributed by atoms with E-state index in [0.717, 1.165) is 0 Å². The van der Waals surface area contributed by atoms with Gasteiger partial charge in [-0.1, -0.05) is 88.1 Å². The number of benzene rings is 5. The molecule has 7 aromatic carbocycles. The van der Waals surface area contributed by atoms with Gasteiger partial charge in [0, 0.05) is 0 Å². The van der Waals surface area contributed by atoms with Gasteiger partial charge in [0.25, 0.3) is 0 Å². The molecule has 0 atom stereocenters. The molecule has 0 N–H and O–H groups in total. The fourth-order valence-corrected chi connectivity index (χ4v) is 6.56. The zero-order valence-corrected chi connectivity index (χ0v) is 31.2. The maximum atomic E-state index is 2.35. The van der Waals surface area contributed by atoms with Crippen molar-refractivity contribution in [1.82, 2.24) is 0 Å². The zero-order chi connectivity index (χ0) is 33.1. The first-order valence-electron chi connectivity index (χ1n) is 16.3. The molecule has 0 heterocycles. The summed E-state index contributed by atoms with van der Waals surface area (Å²) in [7, 11) is 0. The van der Waals surface area contributed by atoms with Crippen LogP contribution in [0.5, 0.6) is 0 Å². The zero-order valence-electron chi connectivity index (χ0n) is 28.7. The summed E-state index contributed by atoms with van der Waals surface area (Å²) in [5.41, 5.74) is 8.63. The average Bonchev–Trinajstić information content (AvgIpc) is 3.64. The molecule has 0 radical (unpaired) electrons. The van der Waals surface area contributed by atoms with Crippen LogP contribution in [-0.4, -0.2) is 3.21 Å². The number of aryl methyl sites for hydroxylation is 2. The van der Waals surface area contributed by atoms with Gasteiger partial charge in [-0.3, -0.25) is 0 Å². The average molecular weight is 678 g/mol. The van der Waals surface area contributed by atoms with Crippen LogP contribution < -0.4 is 0 Å². The molecule has 0 aliphatic heterocycles. The van der Waals surface area contributed by atoms with Crippen molar-refractivity contribution in [3.63, 3.8) is 0 Å². The second-order valence-electron chi connectivity index (χ2n) is 14.4. The minimum absolute atomic E-state index is 0.203. The molecule has 0 fully saturated rings. The van der Waals surface area contributed by atoms with Crippen LogP contribution in [0.4, 0.5) is 0 Å². The van der Waals surface area contributed by atoms with Crippen molar-refractivity contribution in [2.75, 3.05) is 0 Å². The van der Waals surface area contributed by atoms with Gasteiger partial charge in [-0.15, -0.1) is 68.7 Å². The summed E-state index contributed by atoms with van der Waals surface area (Å²) >= 11 is 1.46. The Morgan fingerprint density at radius 3 is 1.43 bits per heavy atom. The molecule has 7 rings (SSSR count). The van der Waals surface area contributed by atoms with Gasteiger partial charge in [0.15, 0.2) is 0 Å². The number of hydrogen-bond acceptors (Lipinski definition) is 0. The summed E-state index contributed by atoms with van der Waals surface area (Å²) in [4.78, 5) is 0. The van der Waals surface area contributed by atoms with E-state index < -0.39 is 0 Å². The normalized spacial score (nSPS) is 11.6. The van der Waals surface area contributed by atoms with Crippen molar-refractivity contribution >= 4 is 35.5 Å². The Labute approximate surface area is 291 Å². The van der Waals surface area contributed by atoms with Crippen molar-refractivity contribution < 1.29 is 24.2 Å². The summed E-state index contributed by atoms with van der Waals surface area (Å²) in [5.74, 6) is 0. The van der Waals surface area contributed by atoms with Gasteiger partial charge >= 0.3 is 99.2 Å². The van der Waals surface area contributed by atoms with E-state index in [1.54, 1.807) is 0 Å². The Morgan fingerprint density at radius 1 is 0.522 bits per heavy atom. The third-order valence-corrected chi connectivity index (χ3v) is 10.2. The molecule has 0 bridgehead atoms. The van der Waals surface area contributed by atoms with Crippen molar-refractivity contribution in [2.45, 2.75) is 66.2 Å². The Hall–Kier alpha value is -3.67. The number of hydrogen-bond donors (Lipinski definition) is 0. The fraction of sp³-hybridized carbons (Fsp3) is 0.222. The molecule has 0 saturated heterocycles. The van der Waals surface area contributed by atoms with E-state index in [1.807, 2.05) is 0 Å². The van der Waals surface area contributed by atoms with Crippen molar-refractivity contribution in [2.24, 2.45) is 0 Å². The molecule has 0 aromatic heterocycles. The first-order chi connectivity index (χ1) is 21.8. The van der Waals surface area contributed by atoms with E-state index in [1.165, 1.54) is 93.1 Å². The predicted octanol–water partition coefficient (Wildman–Crippen LogP) is 12.3. The van der Waals surface area contributed by atoms with E-state index in [4.69, 9.17) is 0 Å². The summed E-state index contributed by atoms with van der Waals surface area (Å²) in [6.07, 6.45) is 0. The summed E-state index contributed by atoms with van der Waals surface area (Å²) < 4.78 is 1.42. The Kier molecular flexibility index (Phi) is 10.2. The van der Waals surface area contributed by atoms with Gasteiger partial charge in [0.1, 0.15) is 0 Å². The molecule has 46 heavy (non-hydrogen) atoms. The minimum atomic E-state index is 0.203. The van der Waals surface area contributed by atoms with Gasteiger partial charge in [0.05, 0.1) is 0 Å². The van der Waals surface area contributed by atoms with Crippen LogP contribution >= 0.6 is 0 Å². The van der Waals surface area contributed by atoms with Gasteiger partial charge in [0.2, 0.25) is 0 Å². The van der Waals surface area contributed by atoms with Gasteiger partial charge < -0.3 is 0 Å². The Balaban J connectivity index is 0.000000144. The van der Waals surface area contributed by atoms with Crippen molar-refractivity contribution in [3.8, 4) is 0 Å². The molecule has 0 unspecified atom stereocenters. The summed E-state index contributed by atoms with van der Waals surface area (Å²) in [6.45, 7) is 17.9. The molecular weight excluding hydrogens is 632 g/mol. The molecule has 0 spiro atoms. The van der Waals surface area contributed by atoms with E-state index >= 15 is 0 Å². The predicted molar refractivity (Wildman–Crippen MR) is 200 cm³/mol. The summed E-state index contributed by atoms with van der Waals surface area (Å²) in [6, 6.07) is 48.2. The van der Waals surface area contributed by atoms with Crippen LogP contribution in [0.15, 0.2) is 133 Å². The molecule has 0 amide bonds. The summed E-state index contributed by atoms with van der Waals surface area (Å²) in [5, 5.41) is 8.19. The number of fused-ring (bicyclic) bond motifs is 4. The van der Waals surface area contributed by atoms with Crippen LogP contribution in [-0.2, 0) is 35.1 Å². The van der Waals surface area contributed by atoms with Crippen LogP contribution in [0, 0.1) is 13.8 Å². The molecule has 0 aliphatic carbocycles. The second kappa shape index (κ2) is 14.0. The fourth-order valence-electron chi connectivity index (χ4n) is 5.74. The molecule has 230 valence electrons. The monoisotopic (exact) mass is 676 g/mol. The molecule has 7 aromatic rings. The second-order valence-corrected chi connectivity index (χ2v) is 15.7. The molecule has 1 heteroatoms. The first-order valence-corrected chi connectivity index (χ1v) is 17.5. The molecule has 0 aliphatic rings. The molecular formula is C45H46Zr. The molecule has 0 saturated carbocycles. The van der Waals surface area contributed by atoms with Gasteiger partial charge in [-0.05, 0) is 24.7 Å². The standard InChI is InChI=1S/C21H25.C13H10.C11H11.Zr/c1-20(2,3)16-7-9-18-14(12-16)11-15-13-17(21(4,5)6)8-10-19(15)18;1-3-7-12(8-4-1)11-13-9-5-2-6-10-13;1-8-6-10-4-3-5-11(10)7-9(8)2;/h7-13H,1-6H3;1-10H;3-7H,1-2H3;/q-1;;-1;+2. The third-order valence-electron chi connectivity index (χ3n) is 8.81. The van der Waals surface area contributed by atoms with Crippen LogP contribution in [0.2, 0.25) is 0 Å². The van der Waals surface area contributed by atoms with Crippen molar-refractivity contribution in [1.29, 1.82) is 0 Å². The SMILES string of the molecule is CC(C)(C)c1ccc2c(c1)[cH-]c1cc(C(C)(C)C)ccc12.Cc1cc2cc[cH-]c2cc1C.[Zr+2]=[C](c1ccccc1)c1ccccc1.